The molecule has 0 bridgehead atoms. The molecule has 4 nitrogen and oxygen atoms in total. The Morgan fingerprint density at radius 1 is 1.44 bits per heavy atom. The summed E-state index contributed by atoms with van der Waals surface area (Å²) in [5.41, 5.74) is 0. The van der Waals surface area contributed by atoms with Gasteiger partial charge in [-0.15, -0.1) is 0 Å². The summed E-state index contributed by atoms with van der Waals surface area (Å²) in [4.78, 5) is 8.48. The maximum absolute atomic E-state index is 11.2. The van der Waals surface area contributed by atoms with E-state index in [9.17, 15) is 4.21 Å². The molecule has 2 rings (SSSR count). The molecule has 1 fully saturated rings. The number of halogens is 1. The van der Waals surface area contributed by atoms with Crippen LogP contribution in [-0.2, 0) is 10.8 Å². The molecular formula is C10H14BrN3OS. The first-order valence-corrected chi connectivity index (χ1v) is 7.54. The monoisotopic (exact) mass is 303 g/mol. The second kappa shape index (κ2) is 5.23. The molecule has 1 aliphatic heterocycles. The van der Waals surface area contributed by atoms with E-state index in [1.54, 1.807) is 0 Å². The van der Waals surface area contributed by atoms with Crippen LogP contribution in [0.1, 0.15) is 18.7 Å². The third-order valence-electron chi connectivity index (χ3n) is 2.55. The number of aryl methyl sites for hydroxylation is 1. The SMILES string of the molecule is Cc1nc(Br)cc(NC2CCS(=O)CC2)n1. The van der Waals surface area contributed by atoms with E-state index in [4.69, 9.17) is 0 Å². The van der Waals surface area contributed by atoms with Gasteiger partial charge in [0.15, 0.2) is 0 Å². The second-order valence-electron chi connectivity index (χ2n) is 3.89. The highest BCUT2D eigenvalue weighted by atomic mass is 79.9. The van der Waals surface area contributed by atoms with E-state index in [1.807, 2.05) is 13.0 Å². The number of nitrogens with one attached hydrogen (secondary N) is 1. The van der Waals surface area contributed by atoms with Crippen molar-refractivity contribution in [1.82, 2.24) is 9.97 Å². The van der Waals surface area contributed by atoms with Gasteiger partial charge in [0.05, 0.1) is 0 Å². The van der Waals surface area contributed by atoms with Crippen molar-refractivity contribution in [2.75, 3.05) is 16.8 Å². The molecule has 88 valence electrons. The Balaban J connectivity index is 2.00. The van der Waals surface area contributed by atoms with Crippen LogP contribution in [-0.4, -0.2) is 31.7 Å². The van der Waals surface area contributed by atoms with E-state index in [-0.39, 0.29) is 0 Å². The molecule has 1 aromatic heterocycles. The lowest BCUT2D eigenvalue weighted by molar-refractivity contribution is 0.622. The van der Waals surface area contributed by atoms with Gasteiger partial charge in [-0.3, -0.25) is 4.21 Å². The van der Waals surface area contributed by atoms with Gasteiger partial charge in [0.1, 0.15) is 16.2 Å². The Labute approximate surface area is 106 Å². The number of rotatable bonds is 2. The average Bonchev–Trinajstić information content (AvgIpc) is 2.20. The van der Waals surface area contributed by atoms with Gasteiger partial charge in [-0.25, -0.2) is 9.97 Å². The van der Waals surface area contributed by atoms with Crippen LogP contribution in [0.4, 0.5) is 5.82 Å². The van der Waals surface area contributed by atoms with E-state index in [1.165, 1.54) is 0 Å². The number of hydrogen-bond acceptors (Lipinski definition) is 4. The molecule has 0 radical (unpaired) electrons. The van der Waals surface area contributed by atoms with Gasteiger partial charge in [-0.1, -0.05) is 0 Å². The fourth-order valence-electron chi connectivity index (χ4n) is 1.75. The quantitative estimate of drug-likeness (QED) is 0.848. The smallest absolute Gasteiger partial charge is 0.131 e. The molecule has 1 saturated heterocycles. The maximum Gasteiger partial charge on any atom is 0.131 e. The van der Waals surface area contributed by atoms with Crippen molar-refractivity contribution in [3.63, 3.8) is 0 Å². The summed E-state index contributed by atoms with van der Waals surface area (Å²) in [6, 6.07) is 2.26. The third kappa shape index (κ3) is 3.25. The van der Waals surface area contributed by atoms with E-state index in [0.717, 1.165) is 40.6 Å². The van der Waals surface area contributed by atoms with Gasteiger partial charge in [0, 0.05) is 34.4 Å². The van der Waals surface area contributed by atoms with Crippen LogP contribution >= 0.6 is 15.9 Å². The normalized spacial score (nSPS) is 25.4. The van der Waals surface area contributed by atoms with Crippen LogP contribution in [0.5, 0.6) is 0 Å². The zero-order valence-corrected chi connectivity index (χ0v) is 11.5. The van der Waals surface area contributed by atoms with Crippen molar-refractivity contribution >= 4 is 32.5 Å². The van der Waals surface area contributed by atoms with E-state index in [0.29, 0.717) is 6.04 Å². The van der Waals surface area contributed by atoms with Crippen LogP contribution < -0.4 is 5.32 Å². The first-order chi connectivity index (χ1) is 7.63. The Kier molecular flexibility index (Phi) is 3.91. The molecule has 1 aromatic rings. The molecule has 0 aromatic carbocycles. The molecule has 0 amide bonds. The number of hydrogen-bond donors (Lipinski definition) is 1. The van der Waals surface area contributed by atoms with Crippen LogP contribution in [0, 0.1) is 6.92 Å². The molecule has 0 aliphatic carbocycles. The van der Waals surface area contributed by atoms with Gasteiger partial charge in [0.2, 0.25) is 0 Å². The van der Waals surface area contributed by atoms with E-state index in [2.05, 4.69) is 31.2 Å². The molecule has 0 atom stereocenters. The summed E-state index contributed by atoms with van der Waals surface area (Å²) in [5, 5.41) is 3.37. The van der Waals surface area contributed by atoms with Crippen LogP contribution in [0.3, 0.4) is 0 Å². The molecule has 1 N–H and O–H groups in total. The Hall–Kier alpha value is -0.490. The molecule has 0 spiro atoms. The third-order valence-corrected chi connectivity index (χ3v) is 4.33. The molecular weight excluding hydrogens is 290 g/mol. The molecule has 2 heterocycles. The summed E-state index contributed by atoms with van der Waals surface area (Å²) >= 11 is 3.35. The predicted molar refractivity (Wildman–Crippen MR) is 69.0 cm³/mol. The first kappa shape index (κ1) is 12.0. The molecule has 16 heavy (non-hydrogen) atoms. The van der Waals surface area contributed by atoms with Crippen molar-refractivity contribution in [3.8, 4) is 0 Å². The zero-order valence-electron chi connectivity index (χ0n) is 9.07. The summed E-state index contributed by atoms with van der Waals surface area (Å²) in [6.07, 6.45) is 1.90. The van der Waals surface area contributed by atoms with Gasteiger partial charge in [-0.2, -0.15) is 0 Å². The molecule has 1 aliphatic rings. The minimum Gasteiger partial charge on any atom is -0.367 e. The molecule has 6 heteroatoms. The number of nitrogens with zero attached hydrogens (tertiary/aromatic N) is 2. The fraction of sp³-hybridized carbons (Fsp3) is 0.600. The summed E-state index contributed by atoms with van der Waals surface area (Å²) < 4.78 is 12.0. The summed E-state index contributed by atoms with van der Waals surface area (Å²) in [7, 11) is -0.610. The largest absolute Gasteiger partial charge is 0.367 e. The van der Waals surface area contributed by atoms with Crippen molar-refractivity contribution in [2.45, 2.75) is 25.8 Å². The lowest BCUT2D eigenvalue weighted by Crippen LogP contribution is -2.29. The fourth-order valence-corrected chi connectivity index (χ4v) is 3.52. The second-order valence-corrected chi connectivity index (χ2v) is 6.40. The van der Waals surface area contributed by atoms with Crippen LogP contribution in [0.15, 0.2) is 10.7 Å². The lowest BCUT2D eigenvalue weighted by Gasteiger charge is -2.23. The minimum absolute atomic E-state index is 0.388. The van der Waals surface area contributed by atoms with Gasteiger partial charge < -0.3 is 5.32 Å². The maximum atomic E-state index is 11.2. The van der Waals surface area contributed by atoms with Gasteiger partial charge in [-0.05, 0) is 35.7 Å². The van der Waals surface area contributed by atoms with Crippen LogP contribution in [0.2, 0.25) is 0 Å². The number of aromatic nitrogens is 2. The summed E-state index contributed by atoms with van der Waals surface area (Å²) in [5.74, 6) is 3.18. The highest BCUT2D eigenvalue weighted by molar-refractivity contribution is 9.10. The van der Waals surface area contributed by atoms with Gasteiger partial charge in [0.25, 0.3) is 0 Å². The van der Waals surface area contributed by atoms with Gasteiger partial charge >= 0.3 is 0 Å². The standard InChI is InChI=1S/C10H14BrN3OS/c1-7-12-9(11)6-10(13-7)14-8-2-4-16(15)5-3-8/h6,8H,2-5H2,1H3,(H,12,13,14). The summed E-state index contributed by atoms with van der Waals surface area (Å²) in [6.45, 7) is 1.87. The van der Waals surface area contributed by atoms with E-state index >= 15 is 0 Å². The van der Waals surface area contributed by atoms with Crippen molar-refractivity contribution in [3.05, 3.63) is 16.5 Å². The first-order valence-electron chi connectivity index (χ1n) is 5.26. The van der Waals surface area contributed by atoms with Crippen LogP contribution in [0.25, 0.3) is 0 Å². The van der Waals surface area contributed by atoms with Crippen molar-refractivity contribution < 1.29 is 4.21 Å². The minimum atomic E-state index is -0.610. The van der Waals surface area contributed by atoms with Crippen molar-refractivity contribution in [1.29, 1.82) is 0 Å². The Morgan fingerprint density at radius 2 is 2.12 bits per heavy atom. The molecule has 0 saturated carbocycles. The molecule has 0 unspecified atom stereocenters. The zero-order chi connectivity index (χ0) is 11.5. The topological polar surface area (TPSA) is 54.9 Å². The highest BCUT2D eigenvalue weighted by Crippen LogP contribution is 2.17. The Bertz CT molecular complexity index is 383. The Morgan fingerprint density at radius 3 is 2.75 bits per heavy atom. The van der Waals surface area contributed by atoms with E-state index < -0.39 is 10.8 Å². The van der Waals surface area contributed by atoms with Crippen molar-refractivity contribution in [2.24, 2.45) is 0 Å². The highest BCUT2D eigenvalue weighted by Gasteiger charge is 2.18. The number of anilines is 1. The average molecular weight is 304 g/mol. The lowest BCUT2D eigenvalue weighted by atomic mass is 10.1. The predicted octanol–water partition coefficient (Wildman–Crippen LogP) is 1.87.